The van der Waals surface area contributed by atoms with Gasteiger partial charge in [-0.05, 0) is 47.9 Å². The van der Waals surface area contributed by atoms with Crippen LogP contribution in [-0.2, 0) is 19.6 Å². The summed E-state index contributed by atoms with van der Waals surface area (Å²) in [5.74, 6) is -0.0440. The number of rotatable bonds is 7. The van der Waals surface area contributed by atoms with E-state index in [2.05, 4.69) is 19.2 Å². The highest BCUT2D eigenvalue weighted by atomic mass is 32.2. The van der Waals surface area contributed by atoms with E-state index in [1.165, 1.54) is 29.8 Å². The summed E-state index contributed by atoms with van der Waals surface area (Å²) in [4.78, 5) is 22.8. The molecule has 0 radical (unpaired) electrons. The van der Waals surface area contributed by atoms with Crippen LogP contribution in [0, 0.1) is 0 Å². The van der Waals surface area contributed by atoms with Crippen molar-refractivity contribution in [1.82, 2.24) is 4.72 Å². The molecule has 144 valence electrons. The molecule has 0 unspecified atom stereocenters. The number of carbonyl (C=O) groups excluding carboxylic acids is 2. The van der Waals surface area contributed by atoms with Crippen molar-refractivity contribution in [3.05, 3.63) is 54.1 Å². The molecule has 7 nitrogen and oxygen atoms in total. The van der Waals surface area contributed by atoms with E-state index >= 15 is 0 Å². The molecule has 27 heavy (non-hydrogen) atoms. The molecule has 2 rings (SSSR count). The van der Waals surface area contributed by atoms with Gasteiger partial charge in [0.2, 0.25) is 5.91 Å². The predicted molar refractivity (Wildman–Crippen MR) is 102 cm³/mol. The van der Waals surface area contributed by atoms with E-state index in [9.17, 15) is 18.0 Å². The van der Waals surface area contributed by atoms with Crippen LogP contribution in [0.25, 0.3) is 0 Å². The standard InChI is InChI=1S/C19H22N2O5S/c1-13(2)15-4-8-17(9-5-15)26-12-19(23)20-16-6-10-18(11-7-16)27(24,25)21-14(3)22/h4-11,13H,12H2,1-3H3,(H,20,23)(H,21,22). The molecule has 0 saturated heterocycles. The van der Waals surface area contributed by atoms with Gasteiger partial charge < -0.3 is 10.1 Å². The molecule has 8 heteroatoms. The van der Waals surface area contributed by atoms with Gasteiger partial charge in [0.25, 0.3) is 15.9 Å². The molecule has 0 aliphatic carbocycles. The number of anilines is 1. The van der Waals surface area contributed by atoms with Crippen LogP contribution < -0.4 is 14.8 Å². The highest BCUT2D eigenvalue weighted by molar-refractivity contribution is 7.90. The average molecular weight is 390 g/mol. The molecule has 0 aromatic heterocycles. The SMILES string of the molecule is CC(=O)NS(=O)(=O)c1ccc(NC(=O)COc2ccc(C(C)C)cc2)cc1. The van der Waals surface area contributed by atoms with Gasteiger partial charge in [0.15, 0.2) is 6.61 Å². The quantitative estimate of drug-likeness (QED) is 0.757. The maximum atomic E-state index is 12.0. The van der Waals surface area contributed by atoms with Crippen molar-refractivity contribution in [2.75, 3.05) is 11.9 Å². The van der Waals surface area contributed by atoms with E-state index in [0.717, 1.165) is 6.92 Å². The molecular weight excluding hydrogens is 368 g/mol. The first kappa shape index (κ1) is 20.4. The molecule has 0 bridgehead atoms. The first-order valence-electron chi connectivity index (χ1n) is 8.33. The first-order valence-corrected chi connectivity index (χ1v) is 9.82. The van der Waals surface area contributed by atoms with Crippen molar-refractivity contribution >= 4 is 27.5 Å². The summed E-state index contributed by atoms with van der Waals surface area (Å²) < 4.78 is 31.0. The molecule has 0 aliphatic heterocycles. The fourth-order valence-electron chi connectivity index (χ4n) is 2.26. The molecular formula is C19H22N2O5S. The summed E-state index contributed by atoms with van der Waals surface area (Å²) >= 11 is 0. The van der Waals surface area contributed by atoms with E-state index in [1.54, 1.807) is 0 Å². The third-order valence-electron chi connectivity index (χ3n) is 3.64. The van der Waals surface area contributed by atoms with Gasteiger partial charge in [-0.25, -0.2) is 13.1 Å². The lowest BCUT2D eigenvalue weighted by atomic mass is 10.0. The van der Waals surface area contributed by atoms with Crippen LogP contribution in [0.5, 0.6) is 5.75 Å². The summed E-state index contributed by atoms with van der Waals surface area (Å²) in [5, 5.41) is 2.62. The van der Waals surface area contributed by atoms with Gasteiger partial charge in [-0.15, -0.1) is 0 Å². The van der Waals surface area contributed by atoms with Crippen LogP contribution in [0.3, 0.4) is 0 Å². The Morgan fingerprint density at radius 2 is 1.59 bits per heavy atom. The van der Waals surface area contributed by atoms with Crippen LogP contribution >= 0.6 is 0 Å². The van der Waals surface area contributed by atoms with E-state index in [-0.39, 0.29) is 17.4 Å². The molecule has 0 spiro atoms. The zero-order valence-electron chi connectivity index (χ0n) is 15.4. The van der Waals surface area contributed by atoms with Crippen molar-refractivity contribution in [3.63, 3.8) is 0 Å². The van der Waals surface area contributed by atoms with Crippen LogP contribution in [0.1, 0.15) is 32.3 Å². The average Bonchev–Trinajstić information content (AvgIpc) is 2.59. The summed E-state index contributed by atoms with van der Waals surface area (Å²) in [5.41, 5.74) is 1.60. The lowest BCUT2D eigenvalue weighted by Gasteiger charge is -2.10. The van der Waals surface area contributed by atoms with E-state index < -0.39 is 15.9 Å². The second kappa shape index (κ2) is 8.68. The van der Waals surface area contributed by atoms with Gasteiger partial charge >= 0.3 is 0 Å². The first-order chi connectivity index (χ1) is 12.7. The van der Waals surface area contributed by atoms with Crippen molar-refractivity contribution in [1.29, 1.82) is 0 Å². The normalized spacial score (nSPS) is 11.1. The zero-order valence-corrected chi connectivity index (χ0v) is 16.2. The van der Waals surface area contributed by atoms with Gasteiger partial charge in [-0.1, -0.05) is 26.0 Å². The number of hydrogen-bond acceptors (Lipinski definition) is 5. The van der Waals surface area contributed by atoms with Crippen LogP contribution in [0.4, 0.5) is 5.69 Å². The number of hydrogen-bond donors (Lipinski definition) is 2. The molecule has 0 saturated carbocycles. The van der Waals surface area contributed by atoms with Gasteiger partial charge in [0.1, 0.15) is 5.75 Å². The van der Waals surface area contributed by atoms with Crippen molar-refractivity contribution in [3.8, 4) is 5.75 Å². The number of benzene rings is 2. The van der Waals surface area contributed by atoms with Gasteiger partial charge in [-0.2, -0.15) is 0 Å². The Hall–Kier alpha value is -2.87. The van der Waals surface area contributed by atoms with E-state index in [0.29, 0.717) is 17.4 Å². The number of ether oxygens (including phenoxy) is 1. The Bertz CT molecular complexity index is 904. The molecule has 2 aromatic rings. The summed E-state index contributed by atoms with van der Waals surface area (Å²) in [6.07, 6.45) is 0. The van der Waals surface area contributed by atoms with Crippen molar-refractivity contribution < 1.29 is 22.7 Å². The minimum atomic E-state index is -3.90. The highest BCUT2D eigenvalue weighted by Crippen LogP contribution is 2.19. The number of carbonyl (C=O) groups is 2. The lowest BCUT2D eigenvalue weighted by molar-refractivity contribution is -0.118. The number of nitrogens with one attached hydrogen (secondary N) is 2. The molecule has 0 atom stereocenters. The van der Waals surface area contributed by atoms with Gasteiger partial charge in [0, 0.05) is 12.6 Å². The Morgan fingerprint density at radius 1 is 1.00 bits per heavy atom. The third-order valence-corrected chi connectivity index (χ3v) is 5.09. The molecule has 0 aliphatic rings. The minimum absolute atomic E-state index is 0.0720. The van der Waals surface area contributed by atoms with Crippen LogP contribution in [0.15, 0.2) is 53.4 Å². The minimum Gasteiger partial charge on any atom is -0.484 e. The largest absolute Gasteiger partial charge is 0.484 e. The monoisotopic (exact) mass is 390 g/mol. The third kappa shape index (κ3) is 6.10. The fourth-order valence-corrected chi connectivity index (χ4v) is 3.25. The predicted octanol–water partition coefficient (Wildman–Crippen LogP) is 2.65. The van der Waals surface area contributed by atoms with Gasteiger partial charge in [-0.3, -0.25) is 9.59 Å². The molecule has 2 N–H and O–H groups in total. The summed E-state index contributed by atoms with van der Waals surface area (Å²) in [7, 11) is -3.90. The molecule has 2 amide bonds. The molecule has 2 aromatic carbocycles. The maximum absolute atomic E-state index is 12.0. The number of amides is 2. The summed E-state index contributed by atoms with van der Waals surface area (Å²) in [6, 6.07) is 13.0. The Balaban J connectivity index is 1.91. The zero-order chi connectivity index (χ0) is 20.0. The second-order valence-electron chi connectivity index (χ2n) is 6.25. The smallest absolute Gasteiger partial charge is 0.264 e. The van der Waals surface area contributed by atoms with E-state index in [1.807, 2.05) is 29.0 Å². The Morgan fingerprint density at radius 3 is 2.11 bits per heavy atom. The Labute approximate surface area is 158 Å². The highest BCUT2D eigenvalue weighted by Gasteiger charge is 2.15. The fraction of sp³-hybridized carbons (Fsp3) is 0.263. The van der Waals surface area contributed by atoms with Crippen molar-refractivity contribution in [2.24, 2.45) is 0 Å². The topological polar surface area (TPSA) is 102 Å². The lowest BCUT2D eigenvalue weighted by Crippen LogP contribution is -2.28. The number of sulfonamides is 1. The van der Waals surface area contributed by atoms with E-state index in [4.69, 9.17) is 4.74 Å². The Kier molecular flexibility index (Phi) is 6.57. The summed E-state index contributed by atoms with van der Waals surface area (Å²) in [6.45, 7) is 5.13. The molecule has 0 heterocycles. The van der Waals surface area contributed by atoms with Crippen molar-refractivity contribution in [2.45, 2.75) is 31.6 Å². The molecule has 0 fully saturated rings. The maximum Gasteiger partial charge on any atom is 0.264 e. The van der Waals surface area contributed by atoms with Gasteiger partial charge in [0.05, 0.1) is 4.90 Å². The van der Waals surface area contributed by atoms with Crippen LogP contribution in [-0.4, -0.2) is 26.8 Å². The second-order valence-corrected chi connectivity index (χ2v) is 7.93. The van der Waals surface area contributed by atoms with Crippen LogP contribution in [0.2, 0.25) is 0 Å².